The third-order valence-corrected chi connectivity index (χ3v) is 3.42. The van der Waals surface area contributed by atoms with E-state index < -0.39 is 0 Å². The fraction of sp³-hybridized carbons (Fsp3) is 0.533. The van der Waals surface area contributed by atoms with Gasteiger partial charge in [0.2, 0.25) is 5.91 Å². The predicted molar refractivity (Wildman–Crippen MR) is 76.7 cm³/mol. The van der Waals surface area contributed by atoms with Gasteiger partial charge in [0, 0.05) is 18.7 Å². The third-order valence-electron chi connectivity index (χ3n) is 3.42. The van der Waals surface area contributed by atoms with Crippen LogP contribution in [0, 0.1) is 5.92 Å². The van der Waals surface area contributed by atoms with E-state index in [4.69, 9.17) is 5.73 Å². The minimum absolute atomic E-state index is 0.124. The van der Waals surface area contributed by atoms with Crippen molar-refractivity contribution in [2.45, 2.75) is 33.1 Å². The summed E-state index contributed by atoms with van der Waals surface area (Å²) < 4.78 is 0. The normalized spacial score (nSPS) is 10.7. The second-order valence-corrected chi connectivity index (χ2v) is 4.62. The largest absolute Gasteiger partial charge is 0.330 e. The Kier molecular flexibility index (Phi) is 5.86. The summed E-state index contributed by atoms with van der Waals surface area (Å²) in [6.45, 7) is 4.77. The lowest BCUT2D eigenvalue weighted by molar-refractivity contribution is -0.122. The van der Waals surface area contributed by atoms with E-state index in [2.05, 4.69) is 13.8 Å². The molecule has 0 aliphatic rings. The van der Waals surface area contributed by atoms with Crippen molar-refractivity contribution < 1.29 is 4.79 Å². The number of anilines is 1. The van der Waals surface area contributed by atoms with Crippen molar-refractivity contribution in [2.24, 2.45) is 11.7 Å². The van der Waals surface area contributed by atoms with Gasteiger partial charge in [-0.3, -0.25) is 4.79 Å². The van der Waals surface area contributed by atoms with Gasteiger partial charge in [-0.15, -0.1) is 0 Å². The summed E-state index contributed by atoms with van der Waals surface area (Å²) in [6, 6.07) is 8.06. The molecule has 0 saturated heterocycles. The van der Waals surface area contributed by atoms with E-state index >= 15 is 0 Å². The average Bonchev–Trinajstić information content (AvgIpc) is 2.40. The molecule has 0 aliphatic carbocycles. The molecular weight excluding hydrogens is 224 g/mol. The topological polar surface area (TPSA) is 46.3 Å². The zero-order valence-corrected chi connectivity index (χ0v) is 11.6. The first-order chi connectivity index (χ1) is 8.63. The molecule has 0 aromatic heterocycles. The van der Waals surface area contributed by atoms with Crippen LogP contribution < -0.4 is 10.6 Å². The zero-order valence-electron chi connectivity index (χ0n) is 11.6. The van der Waals surface area contributed by atoms with Crippen molar-refractivity contribution in [1.82, 2.24) is 0 Å². The maximum atomic E-state index is 12.2. The first kappa shape index (κ1) is 14.7. The Balaban J connectivity index is 2.77. The van der Waals surface area contributed by atoms with Crippen LogP contribution in [0.15, 0.2) is 24.3 Å². The Labute approximate surface area is 110 Å². The molecular formula is C15H24N2O. The molecule has 1 aromatic carbocycles. The molecule has 0 fully saturated rings. The molecule has 0 bridgehead atoms. The smallest absolute Gasteiger partial charge is 0.229 e. The molecule has 100 valence electrons. The molecule has 0 radical (unpaired) electrons. The molecule has 0 saturated carbocycles. The molecule has 1 rings (SSSR count). The van der Waals surface area contributed by atoms with E-state index in [0.717, 1.165) is 24.9 Å². The van der Waals surface area contributed by atoms with Gasteiger partial charge in [-0.05, 0) is 43.5 Å². The van der Waals surface area contributed by atoms with Gasteiger partial charge in [0.1, 0.15) is 0 Å². The number of nitrogens with zero attached hydrogens (tertiary/aromatic N) is 1. The summed E-state index contributed by atoms with van der Waals surface area (Å²) in [5, 5.41) is 0. The highest BCUT2D eigenvalue weighted by Crippen LogP contribution is 2.19. The summed E-state index contributed by atoms with van der Waals surface area (Å²) >= 11 is 0. The van der Waals surface area contributed by atoms with Crippen LogP contribution in [0.3, 0.4) is 0 Å². The standard InChI is InChI=1S/C15H24N2O/c1-4-13(5-2)15(18)17(3)14-8-6-12(7-9-14)10-11-16/h6-9,13H,4-5,10-11,16H2,1-3H3. The third kappa shape index (κ3) is 3.57. The molecule has 0 atom stereocenters. The number of carbonyl (C=O) groups excluding carboxylic acids is 1. The van der Waals surface area contributed by atoms with Crippen LogP contribution >= 0.6 is 0 Å². The van der Waals surface area contributed by atoms with Crippen molar-refractivity contribution in [3.05, 3.63) is 29.8 Å². The van der Waals surface area contributed by atoms with Crippen LogP contribution in [0.2, 0.25) is 0 Å². The van der Waals surface area contributed by atoms with Crippen LogP contribution in [0.4, 0.5) is 5.69 Å². The van der Waals surface area contributed by atoms with E-state index in [0.29, 0.717) is 6.54 Å². The maximum absolute atomic E-state index is 12.2. The van der Waals surface area contributed by atoms with Crippen LogP contribution in [0.25, 0.3) is 0 Å². The molecule has 1 amide bonds. The molecule has 0 heterocycles. The Hall–Kier alpha value is -1.35. The minimum Gasteiger partial charge on any atom is -0.330 e. The Morgan fingerprint density at radius 3 is 2.22 bits per heavy atom. The first-order valence-electron chi connectivity index (χ1n) is 6.70. The van der Waals surface area contributed by atoms with E-state index in [9.17, 15) is 4.79 Å². The summed E-state index contributed by atoms with van der Waals surface area (Å²) in [5.41, 5.74) is 7.68. The van der Waals surface area contributed by atoms with Gasteiger partial charge < -0.3 is 10.6 Å². The van der Waals surface area contributed by atoms with Crippen LogP contribution in [-0.2, 0) is 11.2 Å². The lowest BCUT2D eigenvalue weighted by Crippen LogP contribution is -2.32. The second-order valence-electron chi connectivity index (χ2n) is 4.62. The summed E-state index contributed by atoms with van der Waals surface area (Å²) in [7, 11) is 1.85. The number of nitrogens with two attached hydrogens (primary N) is 1. The van der Waals surface area contributed by atoms with Crippen molar-refractivity contribution >= 4 is 11.6 Å². The molecule has 0 aliphatic heterocycles. The summed E-state index contributed by atoms with van der Waals surface area (Å²) in [5.74, 6) is 0.324. The van der Waals surface area contributed by atoms with Gasteiger partial charge in [0.05, 0.1) is 0 Å². The maximum Gasteiger partial charge on any atom is 0.229 e. The lowest BCUT2D eigenvalue weighted by atomic mass is 10.0. The molecule has 3 heteroatoms. The molecule has 0 spiro atoms. The number of amides is 1. The highest BCUT2D eigenvalue weighted by molar-refractivity contribution is 5.94. The fourth-order valence-corrected chi connectivity index (χ4v) is 2.09. The number of hydrogen-bond acceptors (Lipinski definition) is 2. The molecule has 0 unspecified atom stereocenters. The van der Waals surface area contributed by atoms with Crippen LogP contribution in [-0.4, -0.2) is 19.5 Å². The van der Waals surface area contributed by atoms with Gasteiger partial charge in [-0.25, -0.2) is 0 Å². The number of hydrogen-bond donors (Lipinski definition) is 1. The Bertz CT molecular complexity index is 369. The van der Waals surface area contributed by atoms with Crippen LogP contribution in [0.5, 0.6) is 0 Å². The van der Waals surface area contributed by atoms with Crippen molar-refractivity contribution in [1.29, 1.82) is 0 Å². The average molecular weight is 248 g/mol. The summed E-state index contributed by atoms with van der Waals surface area (Å²) in [4.78, 5) is 14.0. The van der Waals surface area contributed by atoms with Gasteiger partial charge >= 0.3 is 0 Å². The first-order valence-corrected chi connectivity index (χ1v) is 6.70. The van der Waals surface area contributed by atoms with Gasteiger partial charge in [0.15, 0.2) is 0 Å². The summed E-state index contributed by atoms with van der Waals surface area (Å²) in [6.07, 6.45) is 2.67. The van der Waals surface area contributed by atoms with Gasteiger partial charge in [-0.1, -0.05) is 26.0 Å². The predicted octanol–water partition coefficient (Wildman–Crippen LogP) is 2.59. The minimum atomic E-state index is 0.124. The molecule has 18 heavy (non-hydrogen) atoms. The van der Waals surface area contributed by atoms with Crippen molar-refractivity contribution in [3.8, 4) is 0 Å². The number of carbonyl (C=O) groups is 1. The fourth-order valence-electron chi connectivity index (χ4n) is 2.09. The highest BCUT2D eigenvalue weighted by atomic mass is 16.2. The van der Waals surface area contributed by atoms with E-state index in [1.165, 1.54) is 5.56 Å². The van der Waals surface area contributed by atoms with Crippen molar-refractivity contribution in [2.75, 3.05) is 18.5 Å². The highest BCUT2D eigenvalue weighted by Gasteiger charge is 2.19. The zero-order chi connectivity index (χ0) is 13.5. The SMILES string of the molecule is CCC(CC)C(=O)N(C)c1ccc(CCN)cc1. The molecule has 3 nitrogen and oxygen atoms in total. The lowest BCUT2D eigenvalue weighted by Gasteiger charge is -2.22. The van der Waals surface area contributed by atoms with Crippen molar-refractivity contribution in [3.63, 3.8) is 0 Å². The monoisotopic (exact) mass is 248 g/mol. The van der Waals surface area contributed by atoms with E-state index in [-0.39, 0.29) is 11.8 Å². The second kappa shape index (κ2) is 7.17. The van der Waals surface area contributed by atoms with Crippen LogP contribution in [0.1, 0.15) is 32.3 Å². The van der Waals surface area contributed by atoms with E-state index in [1.54, 1.807) is 4.90 Å². The number of benzene rings is 1. The molecule has 1 aromatic rings. The quantitative estimate of drug-likeness (QED) is 0.841. The molecule has 2 N–H and O–H groups in total. The van der Waals surface area contributed by atoms with Gasteiger partial charge in [0.25, 0.3) is 0 Å². The van der Waals surface area contributed by atoms with Gasteiger partial charge in [-0.2, -0.15) is 0 Å². The Morgan fingerprint density at radius 1 is 1.22 bits per heavy atom. The Morgan fingerprint density at radius 2 is 1.78 bits per heavy atom. The number of rotatable bonds is 6. The van der Waals surface area contributed by atoms with E-state index in [1.807, 2.05) is 31.3 Å².